The lowest BCUT2D eigenvalue weighted by Crippen LogP contribution is -2.45. The molecule has 0 unspecified atom stereocenters. The number of carbonyl (C=O) groups is 2. The van der Waals surface area contributed by atoms with Gasteiger partial charge in [-0.3, -0.25) is 9.59 Å². The van der Waals surface area contributed by atoms with Crippen LogP contribution in [0.2, 0.25) is 0 Å². The Hall–Kier alpha value is -2.24. The zero-order valence-corrected chi connectivity index (χ0v) is 16.0. The van der Waals surface area contributed by atoms with E-state index in [1.54, 1.807) is 25.3 Å². The van der Waals surface area contributed by atoms with Crippen LogP contribution in [0.1, 0.15) is 38.7 Å². The largest absolute Gasteiger partial charge is 0.493 e. The Labute approximate surface area is 155 Å². The third-order valence-electron chi connectivity index (χ3n) is 5.21. The first-order chi connectivity index (χ1) is 12.4. The first-order valence-corrected chi connectivity index (χ1v) is 9.10. The van der Waals surface area contributed by atoms with E-state index >= 15 is 0 Å². The van der Waals surface area contributed by atoms with Gasteiger partial charge in [-0.1, -0.05) is 32.8 Å². The number of amides is 1. The van der Waals surface area contributed by atoms with Gasteiger partial charge in [0.15, 0.2) is 18.1 Å². The normalized spacial score (nSPS) is 22.4. The molecule has 6 nitrogen and oxygen atoms in total. The van der Waals surface area contributed by atoms with E-state index in [2.05, 4.69) is 19.2 Å². The van der Waals surface area contributed by atoms with E-state index in [0.29, 0.717) is 23.3 Å². The van der Waals surface area contributed by atoms with Gasteiger partial charge >= 0.3 is 5.97 Å². The van der Waals surface area contributed by atoms with Gasteiger partial charge in [0.05, 0.1) is 20.6 Å². The lowest BCUT2D eigenvalue weighted by atomic mass is 9.78. The van der Waals surface area contributed by atoms with Crippen LogP contribution in [0.25, 0.3) is 0 Å². The van der Waals surface area contributed by atoms with Crippen molar-refractivity contribution in [2.24, 2.45) is 11.8 Å². The molecule has 1 aliphatic carbocycles. The predicted molar refractivity (Wildman–Crippen MR) is 98.3 cm³/mol. The Morgan fingerprint density at radius 2 is 1.85 bits per heavy atom. The van der Waals surface area contributed by atoms with E-state index in [4.69, 9.17) is 14.2 Å². The van der Waals surface area contributed by atoms with Gasteiger partial charge in [-0.2, -0.15) is 0 Å². The second kappa shape index (κ2) is 9.46. The van der Waals surface area contributed by atoms with Gasteiger partial charge in [-0.15, -0.1) is 0 Å². The number of hydrogen-bond donors (Lipinski definition) is 1. The highest BCUT2D eigenvalue weighted by Gasteiger charge is 2.28. The van der Waals surface area contributed by atoms with Crippen LogP contribution in [0.5, 0.6) is 11.5 Å². The molecule has 1 aliphatic rings. The molecule has 3 atom stereocenters. The van der Waals surface area contributed by atoms with Gasteiger partial charge in [0.25, 0.3) is 5.91 Å². The molecule has 1 N–H and O–H groups in total. The second-order valence-electron chi connectivity index (χ2n) is 6.97. The number of benzene rings is 1. The smallest absolute Gasteiger partial charge is 0.310 e. The quantitative estimate of drug-likeness (QED) is 0.754. The van der Waals surface area contributed by atoms with Crippen LogP contribution >= 0.6 is 0 Å². The van der Waals surface area contributed by atoms with Crippen molar-refractivity contribution in [2.75, 3.05) is 20.8 Å². The van der Waals surface area contributed by atoms with Gasteiger partial charge < -0.3 is 19.5 Å². The molecule has 1 saturated carbocycles. The van der Waals surface area contributed by atoms with E-state index in [-0.39, 0.29) is 25.0 Å². The minimum Gasteiger partial charge on any atom is -0.493 e. The van der Waals surface area contributed by atoms with E-state index in [1.807, 2.05) is 0 Å². The minimum absolute atomic E-state index is 0.0739. The molecule has 6 heteroatoms. The monoisotopic (exact) mass is 363 g/mol. The Balaban J connectivity index is 1.80. The van der Waals surface area contributed by atoms with Crippen LogP contribution in [-0.2, 0) is 20.7 Å². The summed E-state index contributed by atoms with van der Waals surface area (Å²) in [5.41, 5.74) is 0.739. The number of carbonyl (C=O) groups excluding carboxylic acids is 2. The maximum absolute atomic E-state index is 12.1. The molecule has 2 rings (SSSR count). The van der Waals surface area contributed by atoms with Crippen LogP contribution in [0.3, 0.4) is 0 Å². The van der Waals surface area contributed by atoms with Crippen molar-refractivity contribution in [1.82, 2.24) is 5.32 Å². The van der Waals surface area contributed by atoms with Crippen molar-refractivity contribution in [1.29, 1.82) is 0 Å². The summed E-state index contributed by atoms with van der Waals surface area (Å²) in [4.78, 5) is 24.1. The summed E-state index contributed by atoms with van der Waals surface area (Å²) in [6.07, 6.45) is 3.38. The lowest BCUT2D eigenvalue weighted by Gasteiger charge is -2.34. The minimum atomic E-state index is -0.447. The Kier molecular flexibility index (Phi) is 7.30. The molecule has 0 spiro atoms. The van der Waals surface area contributed by atoms with E-state index in [1.165, 1.54) is 13.5 Å². The van der Waals surface area contributed by atoms with Crippen LogP contribution in [-0.4, -0.2) is 38.7 Å². The van der Waals surface area contributed by atoms with Crippen molar-refractivity contribution in [3.8, 4) is 11.5 Å². The number of ether oxygens (including phenoxy) is 3. The summed E-state index contributed by atoms with van der Waals surface area (Å²) in [6, 6.07) is 5.40. The summed E-state index contributed by atoms with van der Waals surface area (Å²) in [7, 11) is 3.09. The Morgan fingerprint density at radius 1 is 1.12 bits per heavy atom. The molecule has 0 heterocycles. The Morgan fingerprint density at radius 3 is 2.54 bits per heavy atom. The predicted octanol–water partition coefficient (Wildman–Crippen LogP) is 2.73. The fraction of sp³-hybridized carbons (Fsp3) is 0.600. The van der Waals surface area contributed by atoms with Gasteiger partial charge in [0, 0.05) is 6.04 Å². The van der Waals surface area contributed by atoms with E-state index in [0.717, 1.165) is 18.4 Å². The highest BCUT2D eigenvalue weighted by molar-refractivity contribution is 5.81. The number of methoxy groups -OCH3 is 2. The number of hydrogen-bond acceptors (Lipinski definition) is 5. The molecular formula is C20H29NO5. The molecule has 1 amide bonds. The van der Waals surface area contributed by atoms with Crippen molar-refractivity contribution in [3.63, 3.8) is 0 Å². The van der Waals surface area contributed by atoms with Crippen molar-refractivity contribution in [2.45, 2.75) is 45.6 Å². The zero-order chi connectivity index (χ0) is 19.1. The third kappa shape index (κ3) is 5.38. The van der Waals surface area contributed by atoms with Crippen molar-refractivity contribution in [3.05, 3.63) is 23.8 Å². The highest BCUT2D eigenvalue weighted by Crippen LogP contribution is 2.29. The fourth-order valence-corrected chi connectivity index (χ4v) is 3.39. The van der Waals surface area contributed by atoms with Gasteiger partial charge in [-0.05, 0) is 36.0 Å². The summed E-state index contributed by atoms with van der Waals surface area (Å²) in [5.74, 6) is 1.50. The molecule has 1 aromatic rings. The first-order valence-electron chi connectivity index (χ1n) is 9.10. The summed E-state index contributed by atoms with van der Waals surface area (Å²) in [5, 5.41) is 3.00. The van der Waals surface area contributed by atoms with Crippen LogP contribution < -0.4 is 14.8 Å². The molecule has 0 aromatic heterocycles. The molecule has 144 valence electrons. The van der Waals surface area contributed by atoms with Crippen LogP contribution in [0.4, 0.5) is 0 Å². The fourth-order valence-electron chi connectivity index (χ4n) is 3.39. The van der Waals surface area contributed by atoms with E-state index < -0.39 is 5.97 Å². The highest BCUT2D eigenvalue weighted by atomic mass is 16.5. The Bertz CT molecular complexity index is 631. The maximum atomic E-state index is 12.1. The molecule has 0 bridgehead atoms. The van der Waals surface area contributed by atoms with Crippen LogP contribution in [0.15, 0.2) is 18.2 Å². The molecule has 1 aromatic carbocycles. The topological polar surface area (TPSA) is 73.9 Å². The summed E-state index contributed by atoms with van der Waals surface area (Å²) < 4.78 is 15.5. The first kappa shape index (κ1) is 20.1. The van der Waals surface area contributed by atoms with Gasteiger partial charge in [-0.25, -0.2) is 0 Å². The second-order valence-corrected chi connectivity index (χ2v) is 6.97. The molecule has 1 fully saturated rings. The summed E-state index contributed by atoms with van der Waals surface area (Å²) in [6.45, 7) is 4.13. The third-order valence-corrected chi connectivity index (χ3v) is 5.21. The SMILES string of the molecule is COc1ccc(CC(=O)OCC(=O)N[C@@H]2CCC[C@@H](C)[C@H]2C)cc1OC. The number of esters is 1. The lowest BCUT2D eigenvalue weighted by molar-refractivity contribution is -0.148. The molecule has 0 radical (unpaired) electrons. The van der Waals surface area contributed by atoms with Crippen molar-refractivity contribution < 1.29 is 23.8 Å². The number of nitrogens with one attached hydrogen (secondary N) is 1. The average Bonchev–Trinajstić information content (AvgIpc) is 2.63. The maximum Gasteiger partial charge on any atom is 0.310 e. The number of rotatable bonds is 7. The summed E-state index contributed by atoms with van der Waals surface area (Å²) >= 11 is 0. The van der Waals surface area contributed by atoms with Crippen molar-refractivity contribution >= 4 is 11.9 Å². The molecule has 26 heavy (non-hydrogen) atoms. The van der Waals surface area contributed by atoms with Gasteiger partial charge in [0.2, 0.25) is 0 Å². The zero-order valence-electron chi connectivity index (χ0n) is 16.0. The van der Waals surface area contributed by atoms with Gasteiger partial charge in [0.1, 0.15) is 0 Å². The molecular weight excluding hydrogens is 334 g/mol. The molecule has 0 aliphatic heterocycles. The van der Waals surface area contributed by atoms with E-state index in [9.17, 15) is 9.59 Å². The van der Waals surface area contributed by atoms with Crippen LogP contribution in [0, 0.1) is 11.8 Å². The average molecular weight is 363 g/mol. The molecule has 0 saturated heterocycles. The standard InChI is InChI=1S/C20H29NO5/c1-13-6-5-7-16(14(13)2)21-19(22)12-26-20(23)11-15-8-9-17(24-3)18(10-15)25-4/h8-10,13-14,16H,5-7,11-12H2,1-4H3,(H,21,22)/t13-,14-,16-/m1/s1.